The molecule has 1 heterocycles. The van der Waals surface area contributed by atoms with Crippen molar-refractivity contribution in [2.75, 3.05) is 13.2 Å². The van der Waals surface area contributed by atoms with Crippen molar-refractivity contribution in [1.82, 2.24) is 0 Å². The molecule has 1 aromatic rings. The summed E-state index contributed by atoms with van der Waals surface area (Å²) in [4.78, 5) is 0. The third kappa shape index (κ3) is 2.58. The summed E-state index contributed by atoms with van der Waals surface area (Å²) >= 11 is 0. The van der Waals surface area contributed by atoms with Crippen LogP contribution in [0.15, 0.2) is 24.3 Å². The molecule has 1 saturated heterocycles. The molecule has 82 valence electrons. The van der Waals surface area contributed by atoms with E-state index in [2.05, 4.69) is 31.2 Å². The van der Waals surface area contributed by atoms with E-state index in [1.807, 2.05) is 0 Å². The van der Waals surface area contributed by atoms with Gasteiger partial charge >= 0.3 is 0 Å². The van der Waals surface area contributed by atoms with Gasteiger partial charge in [0.1, 0.15) is 0 Å². The lowest BCUT2D eigenvalue weighted by atomic mass is 9.92. The fraction of sp³-hybridized carbons (Fsp3) is 0.538. The molecule has 0 spiro atoms. The fourth-order valence-corrected chi connectivity index (χ4v) is 2.15. The Hall–Kier alpha value is -0.860. The molecule has 2 atom stereocenters. The Morgan fingerprint density at radius 2 is 2.27 bits per heavy atom. The highest BCUT2D eigenvalue weighted by atomic mass is 16.5. The molecule has 2 unspecified atom stereocenters. The number of rotatable bonds is 3. The zero-order chi connectivity index (χ0) is 10.7. The van der Waals surface area contributed by atoms with Crippen molar-refractivity contribution in [2.24, 2.45) is 11.7 Å². The second-order valence-corrected chi connectivity index (χ2v) is 4.42. The van der Waals surface area contributed by atoms with Crippen LogP contribution in [0.25, 0.3) is 0 Å². The first-order valence-electron chi connectivity index (χ1n) is 5.65. The summed E-state index contributed by atoms with van der Waals surface area (Å²) in [5.74, 6) is 0.546. The molecule has 0 radical (unpaired) electrons. The molecular weight excluding hydrogens is 186 g/mol. The summed E-state index contributed by atoms with van der Waals surface area (Å²) in [6, 6.07) is 8.72. The van der Waals surface area contributed by atoms with Crippen molar-refractivity contribution in [3.05, 3.63) is 35.4 Å². The van der Waals surface area contributed by atoms with Gasteiger partial charge in [-0.05, 0) is 36.8 Å². The van der Waals surface area contributed by atoms with Crippen LogP contribution in [0, 0.1) is 12.8 Å². The molecule has 2 N–H and O–H groups in total. The Morgan fingerprint density at radius 3 is 2.93 bits per heavy atom. The highest BCUT2D eigenvalue weighted by Gasteiger charge is 2.22. The van der Waals surface area contributed by atoms with Gasteiger partial charge in [-0.25, -0.2) is 0 Å². The molecule has 1 fully saturated rings. The van der Waals surface area contributed by atoms with Crippen LogP contribution < -0.4 is 5.73 Å². The Labute approximate surface area is 91.4 Å². The molecule has 15 heavy (non-hydrogen) atoms. The lowest BCUT2D eigenvalue weighted by Gasteiger charge is -2.18. The molecule has 1 aromatic carbocycles. The number of hydrogen-bond acceptors (Lipinski definition) is 2. The van der Waals surface area contributed by atoms with Gasteiger partial charge in [-0.15, -0.1) is 0 Å². The topological polar surface area (TPSA) is 35.2 Å². The van der Waals surface area contributed by atoms with Gasteiger partial charge in [0.2, 0.25) is 0 Å². The summed E-state index contributed by atoms with van der Waals surface area (Å²) in [6.07, 6.45) is 2.09. The van der Waals surface area contributed by atoms with Crippen LogP contribution in [0.1, 0.15) is 17.5 Å². The van der Waals surface area contributed by atoms with E-state index >= 15 is 0 Å². The van der Waals surface area contributed by atoms with Crippen LogP contribution in [0.5, 0.6) is 0 Å². The van der Waals surface area contributed by atoms with Crippen LogP contribution in [-0.4, -0.2) is 19.3 Å². The van der Waals surface area contributed by atoms with Gasteiger partial charge in [-0.1, -0.05) is 24.3 Å². The minimum Gasteiger partial charge on any atom is -0.381 e. The normalized spacial score (nSPS) is 22.9. The van der Waals surface area contributed by atoms with Crippen molar-refractivity contribution in [1.29, 1.82) is 0 Å². The Morgan fingerprint density at radius 1 is 1.47 bits per heavy atom. The zero-order valence-electron chi connectivity index (χ0n) is 9.28. The largest absolute Gasteiger partial charge is 0.381 e. The first kappa shape index (κ1) is 10.7. The summed E-state index contributed by atoms with van der Waals surface area (Å²) in [7, 11) is 0. The zero-order valence-corrected chi connectivity index (χ0v) is 9.28. The predicted molar refractivity (Wildman–Crippen MR) is 61.8 cm³/mol. The van der Waals surface area contributed by atoms with Crippen LogP contribution in [-0.2, 0) is 11.2 Å². The predicted octanol–water partition coefficient (Wildman–Crippen LogP) is 1.90. The van der Waals surface area contributed by atoms with E-state index in [1.54, 1.807) is 0 Å². The van der Waals surface area contributed by atoms with Gasteiger partial charge in [0, 0.05) is 12.6 Å². The Bertz CT molecular complexity index is 318. The third-order valence-electron chi connectivity index (χ3n) is 3.29. The van der Waals surface area contributed by atoms with Crippen molar-refractivity contribution >= 4 is 0 Å². The summed E-state index contributed by atoms with van der Waals surface area (Å²) in [5, 5.41) is 0. The molecule has 1 aliphatic heterocycles. The maximum absolute atomic E-state index is 6.20. The van der Waals surface area contributed by atoms with Gasteiger partial charge in [-0.3, -0.25) is 0 Å². The molecule has 0 amide bonds. The smallest absolute Gasteiger partial charge is 0.0510 e. The van der Waals surface area contributed by atoms with Crippen molar-refractivity contribution < 1.29 is 4.74 Å². The number of hydrogen-bond donors (Lipinski definition) is 1. The van der Waals surface area contributed by atoms with E-state index in [-0.39, 0.29) is 6.04 Å². The van der Waals surface area contributed by atoms with Crippen molar-refractivity contribution in [3.8, 4) is 0 Å². The van der Waals surface area contributed by atoms with Crippen LogP contribution in [0.3, 0.4) is 0 Å². The van der Waals surface area contributed by atoms with E-state index in [0.29, 0.717) is 5.92 Å². The van der Waals surface area contributed by atoms with Gasteiger partial charge in [0.25, 0.3) is 0 Å². The van der Waals surface area contributed by atoms with Crippen LogP contribution >= 0.6 is 0 Å². The second-order valence-electron chi connectivity index (χ2n) is 4.42. The summed E-state index contributed by atoms with van der Waals surface area (Å²) < 4.78 is 5.37. The molecule has 1 aliphatic rings. The molecule has 2 nitrogen and oxygen atoms in total. The lowest BCUT2D eigenvalue weighted by molar-refractivity contribution is 0.180. The molecule has 0 saturated carbocycles. The van der Waals surface area contributed by atoms with Crippen LogP contribution in [0.2, 0.25) is 0 Å². The second kappa shape index (κ2) is 4.77. The molecule has 0 aromatic heterocycles. The molecule has 0 bridgehead atoms. The Balaban J connectivity index is 1.99. The van der Waals surface area contributed by atoms with E-state index in [4.69, 9.17) is 10.5 Å². The minimum absolute atomic E-state index is 0.244. The van der Waals surface area contributed by atoms with Crippen molar-refractivity contribution in [3.63, 3.8) is 0 Å². The van der Waals surface area contributed by atoms with E-state index in [1.165, 1.54) is 11.1 Å². The van der Waals surface area contributed by atoms with Crippen LogP contribution in [0.4, 0.5) is 0 Å². The summed E-state index contributed by atoms with van der Waals surface area (Å²) in [6.45, 7) is 3.87. The highest BCUT2D eigenvalue weighted by Crippen LogP contribution is 2.19. The molecule has 2 rings (SSSR count). The first-order valence-corrected chi connectivity index (χ1v) is 5.65. The lowest BCUT2D eigenvalue weighted by Crippen LogP contribution is -2.32. The molecule has 0 aliphatic carbocycles. The average Bonchev–Trinajstić information content (AvgIpc) is 2.74. The Kier molecular flexibility index (Phi) is 3.39. The van der Waals surface area contributed by atoms with E-state index < -0.39 is 0 Å². The van der Waals surface area contributed by atoms with E-state index in [9.17, 15) is 0 Å². The number of benzene rings is 1. The van der Waals surface area contributed by atoms with Gasteiger partial charge in [0.15, 0.2) is 0 Å². The minimum atomic E-state index is 0.244. The third-order valence-corrected chi connectivity index (χ3v) is 3.29. The highest BCUT2D eigenvalue weighted by molar-refractivity contribution is 5.26. The standard InChI is InChI=1S/C13H19NO/c1-10-4-2-3-5-11(10)8-13(14)12-6-7-15-9-12/h2-5,12-13H,6-9,14H2,1H3. The maximum atomic E-state index is 6.20. The van der Waals surface area contributed by atoms with Gasteiger partial charge < -0.3 is 10.5 Å². The molecule has 2 heteroatoms. The van der Waals surface area contributed by atoms with Crippen molar-refractivity contribution in [2.45, 2.75) is 25.8 Å². The maximum Gasteiger partial charge on any atom is 0.0510 e. The molecular formula is C13H19NO. The van der Waals surface area contributed by atoms with Gasteiger partial charge in [0.05, 0.1) is 6.61 Å². The SMILES string of the molecule is Cc1ccccc1CC(N)C1CCOC1. The number of nitrogens with two attached hydrogens (primary N) is 1. The van der Waals surface area contributed by atoms with Gasteiger partial charge in [-0.2, -0.15) is 0 Å². The monoisotopic (exact) mass is 205 g/mol. The number of aryl methyl sites for hydroxylation is 1. The quantitative estimate of drug-likeness (QED) is 0.818. The average molecular weight is 205 g/mol. The first-order chi connectivity index (χ1) is 7.27. The number of ether oxygens (including phenoxy) is 1. The fourth-order valence-electron chi connectivity index (χ4n) is 2.15. The van der Waals surface area contributed by atoms with E-state index in [0.717, 1.165) is 26.1 Å². The summed E-state index contributed by atoms with van der Waals surface area (Å²) in [5.41, 5.74) is 8.91.